The highest BCUT2D eigenvalue weighted by atomic mass is 16.7. The van der Waals surface area contributed by atoms with E-state index in [1.54, 1.807) is 7.05 Å². The fraction of sp³-hybridized carbons (Fsp3) is 0.625. The van der Waals surface area contributed by atoms with E-state index in [1.165, 1.54) is 12.8 Å². The molecule has 66 valence electrons. The zero-order valence-electron chi connectivity index (χ0n) is 6.96. The Bertz CT molecular complexity index is 233. The number of likely N-dealkylation sites (N-methyl/N-ethyl adjacent to an activating group) is 1. The number of nitrogens with one attached hydrogen (secondary N) is 2. The van der Waals surface area contributed by atoms with Crippen LogP contribution in [0.4, 0.5) is 0 Å². The van der Waals surface area contributed by atoms with Gasteiger partial charge >= 0.3 is 0 Å². The Labute approximate surface area is 70.9 Å². The van der Waals surface area contributed by atoms with E-state index >= 15 is 0 Å². The number of amides is 1. The summed E-state index contributed by atoms with van der Waals surface area (Å²) in [6.45, 7) is 0. The SMILES string of the molecule is CNC(=O)C1C=C(C2CC2)ON1. The summed E-state index contributed by atoms with van der Waals surface area (Å²) >= 11 is 0. The molecule has 1 heterocycles. The molecule has 0 aromatic heterocycles. The molecular weight excluding hydrogens is 156 g/mol. The van der Waals surface area contributed by atoms with Gasteiger partial charge in [0.05, 0.1) is 0 Å². The minimum Gasteiger partial charge on any atom is -0.412 e. The Morgan fingerprint density at radius 1 is 1.75 bits per heavy atom. The van der Waals surface area contributed by atoms with Crippen LogP contribution in [0.5, 0.6) is 0 Å². The predicted octanol–water partition coefficient (Wildman–Crippen LogP) is -0.0703. The summed E-state index contributed by atoms with van der Waals surface area (Å²) in [6, 6.07) is -0.300. The van der Waals surface area contributed by atoms with Crippen LogP contribution >= 0.6 is 0 Å². The van der Waals surface area contributed by atoms with Crippen LogP contribution in [-0.2, 0) is 9.63 Å². The maximum atomic E-state index is 11.1. The molecule has 4 nitrogen and oxygen atoms in total. The van der Waals surface area contributed by atoms with E-state index in [-0.39, 0.29) is 11.9 Å². The molecule has 0 aromatic carbocycles. The lowest BCUT2D eigenvalue weighted by molar-refractivity contribution is -0.123. The van der Waals surface area contributed by atoms with Gasteiger partial charge in [0, 0.05) is 13.0 Å². The second-order valence-corrected chi connectivity index (χ2v) is 3.16. The summed E-state index contributed by atoms with van der Waals surface area (Å²) in [5.41, 5.74) is 2.67. The molecule has 0 aromatic rings. The molecule has 0 saturated heterocycles. The molecular formula is C8H12N2O2. The Morgan fingerprint density at radius 2 is 2.50 bits per heavy atom. The third-order valence-corrected chi connectivity index (χ3v) is 2.14. The van der Waals surface area contributed by atoms with Gasteiger partial charge in [-0.2, -0.15) is 0 Å². The van der Waals surface area contributed by atoms with Crippen molar-refractivity contribution >= 4 is 5.91 Å². The summed E-state index contributed by atoms with van der Waals surface area (Å²) in [4.78, 5) is 16.3. The summed E-state index contributed by atoms with van der Waals surface area (Å²) < 4.78 is 0. The highest BCUT2D eigenvalue weighted by molar-refractivity contribution is 5.83. The van der Waals surface area contributed by atoms with Crippen LogP contribution in [0.1, 0.15) is 12.8 Å². The molecule has 1 unspecified atom stereocenters. The normalized spacial score (nSPS) is 27.8. The Balaban J connectivity index is 1.98. The smallest absolute Gasteiger partial charge is 0.244 e. The van der Waals surface area contributed by atoms with Crippen molar-refractivity contribution in [2.45, 2.75) is 18.9 Å². The molecule has 1 aliphatic carbocycles. The summed E-state index contributed by atoms with van der Waals surface area (Å²) in [7, 11) is 1.62. The summed E-state index contributed by atoms with van der Waals surface area (Å²) in [5, 5.41) is 2.56. The molecule has 4 heteroatoms. The summed E-state index contributed by atoms with van der Waals surface area (Å²) in [6.07, 6.45) is 4.23. The van der Waals surface area contributed by atoms with Crippen LogP contribution < -0.4 is 10.8 Å². The van der Waals surface area contributed by atoms with Gasteiger partial charge < -0.3 is 10.2 Å². The van der Waals surface area contributed by atoms with Crippen molar-refractivity contribution in [3.63, 3.8) is 0 Å². The minimum absolute atomic E-state index is 0.0503. The van der Waals surface area contributed by atoms with Crippen molar-refractivity contribution in [2.24, 2.45) is 5.92 Å². The molecule has 0 radical (unpaired) electrons. The third-order valence-electron chi connectivity index (χ3n) is 2.14. The molecule has 1 atom stereocenters. The lowest BCUT2D eigenvalue weighted by Crippen LogP contribution is -2.37. The maximum Gasteiger partial charge on any atom is 0.244 e. The first-order valence-corrected chi connectivity index (χ1v) is 4.17. The number of allylic oxidation sites excluding steroid dienone is 1. The highest BCUT2D eigenvalue weighted by Gasteiger charge is 2.33. The number of carbonyl (C=O) groups is 1. The molecule has 0 bridgehead atoms. The topological polar surface area (TPSA) is 50.4 Å². The Kier molecular flexibility index (Phi) is 1.77. The number of carbonyl (C=O) groups excluding carboxylic acids is 1. The first-order chi connectivity index (χ1) is 5.81. The highest BCUT2D eigenvalue weighted by Crippen LogP contribution is 2.38. The van der Waals surface area contributed by atoms with Crippen LogP contribution in [-0.4, -0.2) is 19.0 Å². The Hall–Kier alpha value is -1.03. The van der Waals surface area contributed by atoms with Crippen LogP contribution in [0.2, 0.25) is 0 Å². The monoisotopic (exact) mass is 168 g/mol. The zero-order chi connectivity index (χ0) is 8.55. The molecule has 0 spiro atoms. The van der Waals surface area contributed by atoms with E-state index in [9.17, 15) is 4.79 Å². The van der Waals surface area contributed by atoms with Crippen LogP contribution in [0.25, 0.3) is 0 Å². The second-order valence-electron chi connectivity index (χ2n) is 3.16. The van der Waals surface area contributed by atoms with E-state index < -0.39 is 0 Å². The average molecular weight is 168 g/mol. The van der Waals surface area contributed by atoms with E-state index in [1.807, 2.05) is 6.08 Å². The van der Waals surface area contributed by atoms with Gasteiger partial charge in [-0.25, -0.2) is 0 Å². The van der Waals surface area contributed by atoms with Crippen LogP contribution in [0.3, 0.4) is 0 Å². The van der Waals surface area contributed by atoms with Gasteiger partial charge in [-0.3, -0.25) is 4.79 Å². The van der Waals surface area contributed by atoms with E-state index in [4.69, 9.17) is 4.84 Å². The van der Waals surface area contributed by atoms with Gasteiger partial charge in [0.2, 0.25) is 5.91 Å². The predicted molar refractivity (Wildman–Crippen MR) is 42.9 cm³/mol. The molecule has 1 aliphatic heterocycles. The van der Waals surface area contributed by atoms with Crippen LogP contribution in [0.15, 0.2) is 11.8 Å². The van der Waals surface area contributed by atoms with Gasteiger partial charge in [0.25, 0.3) is 0 Å². The van der Waals surface area contributed by atoms with Crippen molar-refractivity contribution < 1.29 is 9.63 Å². The van der Waals surface area contributed by atoms with Crippen LogP contribution in [0, 0.1) is 5.92 Å². The molecule has 2 rings (SSSR count). The minimum atomic E-state index is -0.300. The molecule has 12 heavy (non-hydrogen) atoms. The first kappa shape index (κ1) is 7.61. The van der Waals surface area contributed by atoms with Gasteiger partial charge in [-0.15, -0.1) is 5.48 Å². The third kappa shape index (κ3) is 1.30. The fourth-order valence-electron chi connectivity index (χ4n) is 1.24. The lowest BCUT2D eigenvalue weighted by atomic mass is 10.2. The number of rotatable bonds is 2. The van der Waals surface area contributed by atoms with Crippen molar-refractivity contribution in [3.8, 4) is 0 Å². The molecule has 2 N–H and O–H groups in total. The second kappa shape index (κ2) is 2.79. The van der Waals surface area contributed by atoms with Crippen molar-refractivity contribution in [1.82, 2.24) is 10.8 Å². The van der Waals surface area contributed by atoms with Gasteiger partial charge in [0.1, 0.15) is 11.8 Å². The molecule has 1 fully saturated rings. The molecule has 2 aliphatic rings. The number of hydrogen-bond donors (Lipinski definition) is 2. The van der Waals surface area contributed by atoms with Gasteiger partial charge in [-0.05, 0) is 18.9 Å². The average Bonchev–Trinajstić information content (AvgIpc) is 2.83. The van der Waals surface area contributed by atoms with Crippen molar-refractivity contribution in [2.75, 3.05) is 7.05 Å². The first-order valence-electron chi connectivity index (χ1n) is 4.17. The quantitative estimate of drug-likeness (QED) is 0.607. The summed E-state index contributed by atoms with van der Waals surface area (Å²) in [5.74, 6) is 1.45. The standard InChI is InChI=1S/C8H12N2O2/c1-9-8(11)6-4-7(12-10-6)5-2-3-5/h4-6,10H,2-3H2,1H3,(H,9,11). The lowest BCUT2D eigenvalue weighted by Gasteiger charge is -2.04. The largest absolute Gasteiger partial charge is 0.412 e. The van der Waals surface area contributed by atoms with E-state index in [0.717, 1.165) is 5.76 Å². The van der Waals surface area contributed by atoms with Crippen molar-refractivity contribution in [1.29, 1.82) is 0 Å². The number of hydrogen-bond acceptors (Lipinski definition) is 3. The maximum absolute atomic E-state index is 11.1. The van der Waals surface area contributed by atoms with E-state index in [0.29, 0.717) is 5.92 Å². The molecule has 1 amide bonds. The van der Waals surface area contributed by atoms with Crippen molar-refractivity contribution in [3.05, 3.63) is 11.8 Å². The zero-order valence-corrected chi connectivity index (χ0v) is 6.96. The fourth-order valence-corrected chi connectivity index (χ4v) is 1.24. The number of hydroxylamine groups is 1. The Morgan fingerprint density at radius 3 is 3.08 bits per heavy atom. The van der Waals surface area contributed by atoms with Gasteiger partial charge in [0.15, 0.2) is 0 Å². The van der Waals surface area contributed by atoms with Gasteiger partial charge in [-0.1, -0.05) is 0 Å². The van der Waals surface area contributed by atoms with E-state index in [2.05, 4.69) is 10.8 Å². The molecule has 1 saturated carbocycles.